The molecule has 0 saturated carbocycles. The van der Waals surface area contributed by atoms with Gasteiger partial charge < -0.3 is 10.3 Å². The summed E-state index contributed by atoms with van der Waals surface area (Å²) in [5.74, 6) is -0.208. The third kappa shape index (κ3) is 2.25. The maximum absolute atomic E-state index is 12.9. The number of halogens is 1. The highest BCUT2D eigenvalue weighted by atomic mass is 19.1. The summed E-state index contributed by atoms with van der Waals surface area (Å²) in [5, 5.41) is 1.19. The van der Waals surface area contributed by atoms with Crippen LogP contribution in [0.2, 0.25) is 0 Å². The molecule has 0 aliphatic rings. The zero-order chi connectivity index (χ0) is 13.2. The van der Waals surface area contributed by atoms with Gasteiger partial charge in [0.15, 0.2) is 0 Å². The molecule has 0 spiro atoms. The fourth-order valence-electron chi connectivity index (χ4n) is 2.40. The molecular weight excluding hydrogens is 239 g/mol. The number of aromatic nitrogens is 1. The Hall–Kier alpha value is -2.13. The van der Waals surface area contributed by atoms with E-state index >= 15 is 0 Å². The Morgan fingerprint density at radius 3 is 2.47 bits per heavy atom. The molecular formula is C16H15FN2. The third-order valence-corrected chi connectivity index (χ3v) is 3.36. The molecule has 2 aromatic carbocycles. The molecule has 0 bridgehead atoms. The highest BCUT2D eigenvalue weighted by molar-refractivity contribution is 5.81. The number of hydrogen-bond acceptors (Lipinski definition) is 1. The monoisotopic (exact) mass is 254 g/mol. The minimum absolute atomic E-state index is 0.208. The summed E-state index contributed by atoms with van der Waals surface area (Å²) in [6, 6.07) is 16.9. The summed E-state index contributed by atoms with van der Waals surface area (Å²) >= 11 is 0. The van der Waals surface area contributed by atoms with Crippen LogP contribution in [0.3, 0.4) is 0 Å². The van der Waals surface area contributed by atoms with Crippen molar-refractivity contribution in [2.45, 2.75) is 13.1 Å². The first-order chi connectivity index (χ1) is 9.28. The molecule has 0 unspecified atom stereocenters. The zero-order valence-electron chi connectivity index (χ0n) is 10.5. The van der Waals surface area contributed by atoms with E-state index in [1.165, 1.54) is 17.5 Å². The first kappa shape index (κ1) is 11.9. The molecule has 0 fully saturated rings. The lowest BCUT2D eigenvalue weighted by Crippen LogP contribution is -2.08. The van der Waals surface area contributed by atoms with Crippen molar-refractivity contribution in [1.29, 1.82) is 0 Å². The highest BCUT2D eigenvalue weighted by Gasteiger charge is 2.07. The van der Waals surface area contributed by atoms with Crippen molar-refractivity contribution < 1.29 is 4.39 Å². The Morgan fingerprint density at radius 1 is 1.00 bits per heavy atom. The van der Waals surface area contributed by atoms with E-state index in [1.807, 2.05) is 24.3 Å². The van der Waals surface area contributed by atoms with Crippen LogP contribution in [0.25, 0.3) is 10.9 Å². The first-order valence-electron chi connectivity index (χ1n) is 6.29. The van der Waals surface area contributed by atoms with Crippen LogP contribution >= 0.6 is 0 Å². The average molecular weight is 254 g/mol. The largest absolute Gasteiger partial charge is 0.339 e. The van der Waals surface area contributed by atoms with E-state index < -0.39 is 0 Å². The topological polar surface area (TPSA) is 30.9 Å². The van der Waals surface area contributed by atoms with Gasteiger partial charge in [0, 0.05) is 24.3 Å². The van der Waals surface area contributed by atoms with Gasteiger partial charge in [-0.15, -0.1) is 0 Å². The zero-order valence-corrected chi connectivity index (χ0v) is 10.5. The maximum atomic E-state index is 12.9. The summed E-state index contributed by atoms with van der Waals surface area (Å²) in [4.78, 5) is 0. The van der Waals surface area contributed by atoms with Crippen LogP contribution in [0.15, 0.2) is 54.6 Å². The molecule has 0 aliphatic carbocycles. The fourth-order valence-corrected chi connectivity index (χ4v) is 2.40. The number of nitrogens with two attached hydrogens (primary N) is 1. The molecule has 1 aromatic heterocycles. The van der Waals surface area contributed by atoms with E-state index in [0.29, 0.717) is 13.1 Å². The lowest BCUT2D eigenvalue weighted by molar-refractivity contribution is 0.626. The molecule has 19 heavy (non-hydrogen) atoms. The van der Waals surface area contributed by atoms with Crippen molar-refractivity contribution in [3.05, 3.63) is 71.7 Å². The summed E-state index contributed by atoms with van der Waals surface area (Å²) in [6.45, 7) is 1.20. The van der Waals surface area contributed by atoms with Crippen LogP contribution in [-0.4, -0.2) is 4.57 Å². The Morgan fingerprint density at radius 2 is 1.74 bits per heavy atom. The van der Waals surface area contributed by atoms with Gasteiger partial charge in [-0.2, -0.15) is 0 Å². The maximum Gasteiger partial charge on any atom is 0.123 e. The molecule has 0 atom stereocenters. The van der Waals surface area contributed by atoms with Gasteiger partial charge in [-0.25, -0.2) is 4.39 Å². The molecule has 3 aromatic rings. The average Bonchev–Trinajstić information content (AvgIpc) is 2.79. The van der Waals surface area contributed by atoms with E-state index in [1.54, 1.807) is 0 Å². The van der Waals surface area contributed by atoms with Crippen molar-refractivity contribution >= 4 is 10.9 Å². The second-order valence-electron chi connectivity index (χ2n) is 4.61. The van der Waals surface area contributed by atoms with Crippen molar-refractivity contribution in [1.82, 2.24) is 4.57 Å². The Kier molecular flexibility index (Phi) is 3.05. The lowest BCUT2D eigenvalue weighted by Gasteiger charge is -2.09. The summed E-state index contributed by atoms with van der Waals surface area (Å²) < 4.78 is 15.1. The molecule has 0 radical (unpaired) electrons. The van der Waals surface area contributed by atoms with Crippen molar-refractivity contribution in [3.8, 4) is 0 Å². The number of benzene rings is 2. The fraction of sp³-hybridized carbons (Fsp3) is 0.125. The molecule has 0 saturated heterocycles. The minimum atomic E-state index is -0.208. The summed E-state index contributed by atoms with van der Waals surface area (Å²) in [5.41, 5.74) is 9.13. The van der Waals surface area contributed by atoms with E-state index in [0.717, 1.165) is 16.8 Å². The van der Waals surface area contributed by atoms with Gasteiger partial charge in [0.2, 0.25) is 0 Å². The van der Waals surface area contributed by atoms with Gasteiger partial charge in [0.1, 0.15) is 5.82 Å². The van der Waals surface area contributed by atoms with E-state index in [2.05, 4.69) is 22.8 Å². The van der Waals surface area contributed by atoms with Crippen LogP contribution < -0.4 is 5.73 Å². The quantitative estimate of drug-likeness (QED) is 0.764. The van der Waals surface area contributed by atoms with Crippen molar-refractivity contribution in [2.75, 3.05) is 0 Å². The number of nitrogens with zero attached hydrogens (tertiary/aromatic N) is 1. The summed E-state index contributed by atoms with van der Waals surface area (Å²) in [7, 11) is 0. The summed E-state index contributed by atoms with van der Waals surface area (Å²) in [6.07, 6.45) is 0. The standard InChI is InChI=1S/C16H15FN2/c17-14-7-5-12(6-8-14)11-19-15(10-18)9-13-3-1-2-4-16(13)19/h1-9H,10-11,18H2. The predicted octanol–water partition coefficient (Wildman–Crippen LogP) is 3.29. The Bertz CT molecular complexity index is 698. The third-order valence-electron chi connectivity index (χ3n) is 3.36. The van der Waals surface area contributed by atoms with Crippen LogP contribution in [0, 0.1) is 5.82 Å². The molecule has 3 rings (SSSR count). The van der Waals surface area contributed by atoms with E-state index in [9.17, 15) is 4.39 Å². The number of hydrogen-bond donors (Lipinski definition) is 1. The van der Waals surface area contributed by atoms with Gasteiger partial charge in [-0.1, -0.05) is 30.3 Å². The number of rotatable bonds is 3. The Labute approximate surface area is 111 Å². The normalized spacial score (nSPS) is 11.1. The highest BCUT2D eigenvalue weighted by Crippen LogP contribution is 2.21. The molecule has 0 aliphatic heterocycles. The molecule has 0 amide bonds. The number of para-hydroxylation sites is 1. The van der Waals surface area contributed by atoms with Crippen LogP contribution in [0.1, 0.15) is 11.3 Å². The molecule has 2 N–H and O–H groups in total. The molecule has 3 heteroatoms. The predicted molar refractivity (Wildman–Crippen MR) is 75.3 cm³/mol. The van der Waals surface area contributed by atoms with Gasteiger partial charge in [0.25, 0.3) is 0 Å². The van der Waals surface area contributed by atoms with Crippen LogP contribution in [0.4, 0.5) is 4.39 Å². The van der Waals surface area contributed by atoms with Crippen LogP contribution in [0.5, 0.6) is 0 Å². The molecule has 2 nitrogen and oxygen atoms in total. The number of fused-ring (bicyclic) bond motifs is 1. The lowest BCUT2D eigenvalue weighted by atomic mass is 10.2. The van der Waals surface area contributed by atoms with Gasteiger partial charge in [-0.3, -0.25) is 0 Å². The Balaban J connectivity index is 2.06. The second kappa shape index (κ2) is 4.86. The SMILES string of the molecule is NCc1cc2ccccc2n1Cc1ccc(F)cc1. The van der Waals surface area contributed by atoms with Crippen LogP contribution in [-0.2, 0) is 13.1 Å². The van der Waals surface area contributed by atoms with Gasteiger partial charge in [-0.05, 0) is 35.2 Å². The van der Waals surface area contributed by atoms with Gasteiger partial charge in [0.05, 0.1) is 0 Å². The van der Waals surface area contributed by atoms with E-state index in [4.69, 9.17) is 5.73 Å². The molecule has 96 valence electrons. The van der Waals surface area contributed by atoms with Crippen molar-refractivity contribution in [2.24, 2.45) is 5.73 Å². The van der Waals surface area contributed by atoms with Crippen molar-refractivity contribution in [3.63, 3.8) is 0 Å². The minimum Gasteiger partial charge on any atom is -0.339 e. The van der Waals surface area contributed by atoms with Gasteiger partial charge >= 0.3 is 0 Å². The second-order valence-corrected chi connectivity index (χ2v) is 4.61. The smallest absolute Gasteiger partial charge is 0.123 e. The first-order valence-corrected chi connectivity index (χ1v) is 6.29. The van der Waals surface area contributed by atoms with E-state index in [-0.39, 0.29) is 5.82 Å². The molecule has 1 heterocycles.